The largest absolute Gasteiger partial charge is 0.378 e. The van der Waals surface area contributed by atoms with Crippen molar-refractivity contribution < 1.29 is 14.3 Å². The van der Waals surface area contributed by atoms with Crippen LogP contribution in [0.5, 0.6) is 0 Å². The summed E-state index contributed by atoms with van der Waals surface area (Å²) >= 11 is 0. The predicted octanol–water partition coefficient (Wildman–Crippen LogP) is 4.41. The van der Waals surface area contributed by atoms with Crippen LogP contribution in [0, 0.1) is 5.41 Å². The molecule has 1 heterocycles. The van der Waals surface area contributed by atoms with Gasteiger partial charge >= 0.3 is 6.03 Å². The average molecular weight is 400 g/mol. The number of carbonyl (C=O) groups is 2. The molecule has 1 N–H and O–H groups in total. The molecule has 0 bridgehead atoms. The Morgan fingerprint density at radius 3 is 2.52 bits per heavy atom. The smallest absolute Gasteiger partial charge is 0.322 e. The minimum absolute atomic E-state index is 0.0224. The van der Waals surface area contributed by atoms with Gasteiger partial charge in [0.05, 0.1) is 6.10 Å². The van der Waals surface area contributed by atoms with E-state index in [1.54, 1.807) is 4.90 Å². The molecule has 3 amide bonds. The minimum Gasteiger partial charge on any atom is -0.378 e. The van der Waals surface area contributed by atoms with Crippen molar-refractivity contribution in [1.82, 2.24) is 4.90 Å². The lowest BCUT2D eigenvalue weighted by molar-refractivity contribution is -0.154. The Morgan fingerprint density at radius 2 is 1.97 bits per heavy atom. The number of β-lactam (4-membered cyclic amide) rings is 1. The fraction of sp³-hybridized carbons (Fsp3) is 0.652. The minimum atomic E-state index is -0.0224. The van der Waals surface area contributed by atoms with Crippen LogP contribution >= 0.6 is 0 Å². The van der Waals surface area contributed by atoms with Crippen molar-refractivity contribution in [2.24, 2.45) is 5.41 Å². The molecular formula is C23H33N3O3. The van der Waals surface area contributed by atoms with Crippen LogP contribution in [-0.2, 0) is 9.53 Å². The van der Waals surface area contributed by atoms with Crippen molar-refractivity contribution in [2.75, 3.05) is 29.9 Å². The number of anilines is 2. The lowest BCUT2D eigenvalue weighted by atomic mass is 9.60. The van der Waals surface area contributed by atoms with Gasteiger partial charge in [0.1, 0.15) is 0 Å². The molecule has 4 rings (SSSR count). The molecule has 158 valence electrons. The summed E-state index contributed by atoms with van der Waals surface area (Å²) in [6.45, 7) is 6.46. The summed E-state index contributed by atoms with van der Waals surface area (Å²) in [5, 5.41) is 3.09. The van der Waals surface area contributed by atoms with Crippen LogP contribution in [0.15, 0.2) is 24.3 Å². The summed E-state index contributed by atoms with van der Waals surface area (Å²) in [5.74, 6) is 0.159. The summed E-state index contributed by atoms with van der Waals surface area (Å²) in [6, 6.07) is 7.83. The molecule has 29 heavy (non-hydrogen) atoms. The van der Waals surface area contributed by atoms with Crippen molar-refractivity contribution in [3.8, 4) is 0 Å². The van der Waals surface area contributed by atoms with Crippen molar-refractivity contribution in [2.45, 2.75) is 70.9 Å². The van der Waals surface area contributed by atoms with Gasteiger partial charge in [-0.15, -0.1) is 0 Å². The van der Waals surface area contributed by atoms with E-state index in [1.165, 1.54) is 12.8 Å². The van der Waals surface area contributed by atoms with E-state index in [1.807, 2.05) is 29.2 Å². The lowest BCUT2D eigenvalue weighted by Gasteiger charge is -2.57. The standard InChI is InChI=1S/C23H33N3O3/c1-3-14-26(19-16-20(29-4-2)23(19)12-5-6-13-23)22(28)24-17-7-9-18(10-8-17)25-15-11-21(25)27/h7-10,19-20H,3-6,11-16H2,1-2H3,(H,24,28). The van der Waals surface area contributed by atoms with Crippen molar-refractivity contribution >= 4 is 23.3 Å². The van der Waals surface area contributed by atoms with Crippen molar-refractivity contribution in [1.29, 1.82) is 0 Å². The number of carbonyl (C=O) groups excluding carboxylic acids is 2. The first-order valence-electron chi connectivity index (χ1n) is 11.2. The van der Waals surface area contributed by atoms with Gasteiger partial charge in [0.15, 0.2) is 0 Å². The number of hydrogen-bond donors (Lipinski definition) is 1. The molecule has 6 heteroatoms. The molecule has 1 saturated heterocycles. The summed E-state index contributed by atoms with van der Waals surface area (Å²) in [4.78, 5) is 28.6. The first-order valence-corrected chi connectivity index (χ1v) is 11.2. The number of urea groups is 1. The Bertz CT molecular complexity index is 742. The number of nitrogens with one attached hydrogen (secondary N) is 1. The molecule has 0 aromatic heterocycles. The van der Waals surface area contributed by atoms with Crippen LogP contribution in [0.4, 0.5) is 16.2 Å². The number of hydrogen-bond acceptors (Lipinski definition) is 3. The molecule has 0 radical (unpaired) electrons. The number of benzene rings is 1. The van der Waals surface area contributed by atoms with Gasteiger partial charge in [-0.2, -0.15) is 0 Å². The molecule has 2 aliphatic carbocycles. The van der Waals surface area contributed by atoms with Gasteiger partial charge in [0, 0.05) is 48.9 Å². The highest BCUT2D eigenvalue weighted by Gasteiger charge is 2.59. The molecule has 2 saturated carbocycles. The molecule has 1 aliphatic heterocycles. The van der Waals surface area contributed by atoms with Crippen molar-refractivity contribution in [3.05, 3.63) is 24.3 Å². The van der Waals surface area contributed by atoms with Gasteiger partial charge in [-0.05, 0) is 56.9 Å². The van der Waals surface area contributed by atoms with Crippen molar-refractivity contribution in [3.63, 3.8) is 0 Å². The zero-order chi connectivity index (χ0) is 20.4. The molecule has 3 fully saturated rings. The maximum absolute atomic E-state index is 13.2. The van der Waals surface area contributed by atoms with Gasteiger partial charge in [-0.1, -0.05) is 19.8 Å². The summed E-state index contributed by atoms with van der Waals surface area (Å²) < 4.78 is 6.04. The Hall–Kier alpha value is -2.08. The van der Waals surface area contributed by atoms with E-state index < -0.39 is 0 Å². The summed E-state index contributed by atoms with van der Waals surface area (Å²) in [6.07, 6.45) is 7.59. The first-order chi connectivity index (χ1) is 14.1. The van der Waals surface area contributed by atoms with E-state index in [2.05, 4.69) is 19.2 Å². The molecule has 2 atom stereocenters. The Morgan fingerprint density at radius 1 is 1.24 bits per heavy atom. The zero-order valence-corrected chi connectivity index (χ0v) is 17.7. The zero-order valence-electron chi connectivity index (χ0n) is 17.7. The number of nitrogens with zero attached hydrogens (tertiary/aromatic N) is 2. The molecule has 2 unspecified atom stereocenters. The molecule has 6 nitrogen and oxygen atoms in total. The lowest BCUT2D eigenvalue weighted by Crippen LogP contribution is -2.65. The van der Waals surface area contributed by atoms with Gasteiger partial charge in [0.2, 0.25) is 5.91 Å². The predicted molar refractivity (Wildman–Crippen MR) is 114 cm³/mol. The quantitative estimate of drug-likeness (QED) is 0.691. The van der Waals surface area contributed by atoms with E-state index in [9.17, 15) is 9.59 Å². The van der Waals surface area contributed by atoms with Crippen LogP contribution in [0.1, 0.15) is 58.8 Å². The second-order valence-electron chi connectivity index (χ2n) is 8.60. The fourth-order valence-electron chi connectivity index (χ4n) is 5.44. The molecular weight excluding hydrogens is 366 g/mol. The highest BCUT2D eigenvalue weighted by Crippen LogP contribution is 2.56. The van der Waals surface area contributed by atoms with Crippen LogP contribution in [0.2, 0.25) is 0 Å². The molecule has 1 aromatic carbocycles. The molecule has 1 aromatic rings. The van der Waals surface area contributed by atoms with E-state index in [4.69, 9.17) is 4.74 Å². The van der Waals surface area contributed by atoms with Gasteiger partial charge in [-0.25, -0.2) is 4.79 Å². The summed E-state index contributed by atoms with van der Waals surface area (Å²) in [7, 11) is 0. The topological polar surface area (TPSA) is 61.9 Å². The molecule has 3 aliphatic rings. The number of ether oxygens (including phenoxy) is 1. The number of amides is 3. The Kier molecular flexibility index (Phi) is 5.81. The van der Waals surface area contributed by atoms with Crippen LogP contribution < -0.4 is 10.2 Å². The summed E-state index contributed by atoms with van der Waals surface area (Å²) in [5.41, 5.74) is 1.81. The first kappa shape index (κ1) is 20.2. The second-order valence-corrected chi connectivity index (χ2v) is 8.60. The van der Waals surface area contributed by atoms with E-state index in [0.717, 1.165) is 56.8 Å². The average Bonchev–Trinajstić information content (AvgIpc) is 3.23. The third kappa shape index (κ3) is 3.63. The van der Waals surface area contributed by atoms with E-state index in [0.29, 0.717) is 12.5 Å². The van der Waals surface area contributed by atoms with Crippen LogP contribution in [-0.4, -0.2) is 48.7 Å². The Labute approximate surface area is 173 Å². The maximum atomic E-state index is 13.2. The Balaban J connectivity index is 1.44. The fourth-order valence-corrected chi connectivity index (χ4v) is 5.44. The monoisotopic (exact) mass is 399 g/mol. The van der Waals surface area contributed by atoms with E-state index in [-0.39, 0.29) is 23.4 Å². The van der Waals surface area contributed by atoms with Crippen LogP contribution in [0.3, 0.4) is 0 Å². The second kappa shape index (κ2) is 8.34. The normalized spacial score (nSPS) is 24.9. The van der Waals surface area contributed by atoms with E-state index >= 15 is 0 Å². The van der Waals surface area contributed by atoms with Gasteiger partial charge in [-0.3, -0.25) is 4.79 Å². The molecule has 1 spiro atoms. The highest BCUT2D eigenvalue weighted by molar-refractivity contribution is 5.99. The SMILES string of the molecule is CCCN(C(=O)Nc1ccc(N2CCC2=O)cc1)C1CC(OCC)C12CCCC2. The van der Waals surface area contributed by atoms with Gasteiger partial charge < -0.3 is 19.9 Å². The third-order valence-corrected chi connectivity index (χ3v) is 7.03. The van der Waals surface area contributed by atoms with Crippen LogP contribution in [0.25, 0.3) is 0 Å². The maximum Gasteiger partial charge on any atom is 0.322 e. The number of rotatable bonds is 7. The highest BCUT2D eigenvalue weighted by atomic mass is 16.5. The third-order valence-electron chi connectivity index (χ3n) is 7.03. The van der Waals surface area contributed by atoms with Gasteiger partial charge in [0.25, 0.3) is 0 Å².